The minimum Gasteiger partial charge on any atom is -0.396 e. The van der Waals surface area contributed by atoms with Crippen LogP contribution >= 0.6 is 0 Å². The Hall–Kier alpha value is -1.46. The predicted octanol–water partition coefficient (Wildman–Crippen LogP) is 2.17. The number of aliphatic hydroxyl groups is 1. The van der Waals surface area contributed by atoms with Crippen molar-refractivity contribution in [2.75, 3.05) is 26.2 Å². The van der Waals surface area contributed by atoms with E-state index in [0.717, 1.165) is 38.0 Å². The summed E-state index contributed by atoms with van der Waals surface area (Å²) in [6.07, 6.45) is 6.12. The Kier molecular flexibility index (Phi) is 6.75. The smallest absolute Gasteiger partial charge is 0.223 e. The molecule has 2 rings (SSSR count). The number of aromatic nitrogens is 1. The Balaban J connectivity index is 1.76. The maximum Gasteiger partial charge on any atom is 0.223 e. The van der Waals surface area contributed by atoms with Crippen molar-refractivity contribution in [1.29, 1.82) is 0 Å². The van der Waals surface area contributed by atoms with Gasteiger partial charge in [-0.2, -0.15) is 0 Å². The molecule has 1 unspecified atom stereocenters. The van der Waals surface area contributed by atoms with Crippen LogP contribution in [0.3, 0.4) is 0 Å². The standard InChI is InChI=1S/C19H31N3O2/c1-19(2,3)11-18(24)22-9-6-17(7-10-22)21-13-16(14-23)15-5-4-8-20-12-15/h4-5,8,12,16-17,21,23H,6-7,9-11,13-14H2,1-3H3. The zero-order valence-electron chi connectivity index (χ0n) is 15.2. The number of rotatable bonds is 6. The molecule has 1 aromatic rings. The van der Waals surface area contributed by atoms with Crippen LogP contribution < -0.4 is 5.32 Å². The molecule has 0 aromatic carbocycles. The highest BCUT2D eigenvalue weighted by Gasteiger charge is 2.26. The second kappa shape index (κ2) is 8.58. The van der Waals surface area contributed by atoms with Gasteiger partial charge in [0.25, 0.3) is 0 Å². The Bertz CT molecular complexity index is 505. The molecule has 0 bridgehead atoms. The molecule has 0 aliphatic carbocycles. The van der Waals surface area contributed by atoms with Crippen molar-refractivity contribution >= 4 is 5.91 Å². The van der Waals surface area contributed by atoms with Gasteiger partial charge in [-0.1, -0.05) is 26.8 Å². The lowest BCUT2D eigenvalue weighted by atomic mass is 9.91. The first-order chi connectivity index (χ1) is 11.4. The highest BCUT2D eigenvalue weighted by atomic mass is 16.3. The summed E-state index contributed by atoms with van der Waals surface area (Å²) in [6, 6.07) is 4.31. The maximum atomic E-state index is 12.3. The van der Waals surface area contributed by atoms with Gasteiger partial charge in [0.05, 0.1) is 6.61 Å². The molecular weight excluding hydrogens is 302 g/mol. The topological polar surface area (TPSA) is 65.5 Å². The number of hydrogen-bond donors (Lipinski definition) is 2. The first-order valence-electron chi connectivity index (χ1n) is 8.91. The fourth-order valence-electron chi connectivity index (χ4n) is 3.11. The van der Waals surface area contributed by atoms with Gasteiger partial charge in [0.15, 0.2) is 0 Å². The summed E-state index contributed by atoms with van der Waals surface area (Å²) >= 11 is 0. The number of likely N-dealkylation sites (tertiary alicyclic amines) is 1. The van der Waals surface area contributed by atoms with E-state index in [4.69, 9.17) is 0 Å². The van der Waals surface area contributed by atoms with Crippen molar-refractivity contribution in [3.8, 4) is 0 Å². The van der Waals surface area contributed by atoms with Crippen LogP contribution in [0, 0.1) is 5.41 Å². The third-order valence-corrected chi connectivity index (χ3v) is 4.56. The monoisotopic (exact) mass is 333 g/mol. The lowest BCUT2D eigenvalue weighted by Crippen LogP contribution is -2.46. The minimum absolute atomic E-state index is 0.0459. The fourth-order valence-corrected chi connectivity index (χ4v) is 3.11. The average molecular weight is 333 g/mol. The second-order valence-corrected chi connectivity index (χ2v) is 7.97. The number of nitrogens with one attached hydrogen (secondary N) is 1. The first kappa shape index (κ1) is 18.9. The van der Waals surface area contributed by atoms with E-state index < -0.39 is 0 Å². The molecule has 1 aliphatic heterocycles. The van der Waals surface area contributed by atoms with Crippen LogP contribution in [-0.4, -0.2) is 53.2 Å². The molecule has 2 N–H and O–H groups in total. The van der Waals surface area contributed by atoms with Gasteiger partial charge >= 0.3 is 0 Å². The van der Waals surface area contributed by atoms with Gasteiger partial charge in [0.1, 0.15) is 0 Å². The molecule has 1 amide bonds. The summed E-state index contributed by atoms with van der Waals surface area (Å²) in [5, 5.41) is 13.2. The Morgan fingerprint density at radius 3 is 2.67 bits per heavy atom. The largest absolute Gasteiger partial charge is 0.396 e. The summed E-state index contributed by atoms with van der Waals surface area (Å²) in [5.41, 5.74) is 1.11. The van der Waals surface area contributed by atoms with Gasteiger partial charge in [-0.05, 0) is 29.9 Å². The molecule has 24 heavy (non-hydrogen) atoms. The van der Waals surface area contributed by atoms with E-state index in [1.807, 2.05) is 23.2 Å². The van der Waals surface area contributed by atoms with Gasteiger partial charge in [0.2, 0.25) is 5.91 Å². The quantitative estimate of drug-likeness (QED) is 0.837. The van der Waals surface area contributed by atoms with Gasteiger partial charge in [-0.3, -0.25) is 9.78 Å². The van der Waals surface area contributed by atoms with Crippen LogP contribution in [0.15, 0.2) is 24.5 Å². The highest BCUT2D eigenvalue weighted by Crippen LogP contribution is 2.22. The van der Waals surface area contributed by atoms with E-state index in [2.05, 4.69) is 31.1 Å². The van der Waals surface area contributed by atoms with Crippen molar-refractivity contribution < 1.29 is 9.90 Å². The van der Waals surface area contributed by atoms with Crippen LogP contribution in [0.2, 0.25) is 0 Å². The summed E-state index contributed by atoms with van der Waals surface area (Å²) in [4.78, 5) is 18.4. The molecule has 1 fully saturated rings. The molecule has 1 aromatic heterocycles. The Morgan fingerprint density at radius 2 is 2.12 bits per heavy atom. The van der Waals surface area contributed by atoms with Gasteiger partial charge in [-0.25, -0.2) is 0 Å². The Morgan fingerprint density at radius 1 is 1.42 bits per heavy atom. The molecule has 0 saturated carbocycles. The van der Waals surface area contributed by atoms with Gasteiger partial charge < -0.3 is 15.3 Å². The third-order valence-electron chi connectivity index (χ3n) is 4.56. The SMILES string of the molecule is CC(C)(C)CC(=O)N1CCC(NCC(CO)c2cccnc2)CC1. The zero-order chi connectivity index (χ0) is 17.6. The van der Waals surface area contributed by atoms with Gasteiger partial charge in [0, 0.05) is 50.4 Å². The molecule has 1 atom stereocenters. The molecule has 1 aliphatic rings. The number of aliphatic hydroxyl groups excluding tert-OH is 1. The second-order valence-electron chi connectivity index (χ2n) is 7.97. The average Bonchev–Trinajstić information content (AvgIpc) is 2.55. The molecule has 5 nitrogen and oxygen atoms in total. The van der Waals surface area contributed by atoms with Crippen molar-refractivity contribution in [2.24, 2.45) is 5.41 Å². The summed E-state index contributed by atoms with van der Waals surface area (Å²) in [5.74, 6) is 0.337. The number of nitrogens with zero attached hydrogens (tertiary/aromatic N) is 2. The van der Waals surface area contributed by atoms with Crippen molar-refractivity contribution in [3.63, 3.8) is 0 Å². The van der Waals surface area contributed by atoms with Crippen molar-refractivity contribution in [3.05, 3.63) is 30.1 Å². The van der Waals surface area contributed by atoms with Crippen LogP contribution in [0.4, 0.5) is 0 Å². The number of pyridine rings is 1. The van der Waals surface area contributed by atoms with Crippen LogP contribution in [0.5, 0.6) is 0 Å². The van der Waals surface area contributed by atoms with Crippen molar-refractivity contribution in [1.82, 2.24) is 15.2 Å². The molecular formula is C19H31N3O2. The number of carbonyl (C=O) groups excluding carboxylic acids is 1. The number of piperidine rings is 1. The lowest BCUT2D eigenvalue weighted by molar-refractivity contribution is -0.134. The molecule has 0 spiro atoms. The maximum absolute atomic E-state index is 12.3. The predicted molar refractivity (Wildman–Crippen MR) is 95.7 cm³/mol. The summed E-state index contributed by atoms with van der Waals surface area (Å²) in [7, 11) is 0. The van der Waals surface area contributed by atoms with E-state index in [0.29, 0.717) is 12.5 Å². The van der Waals surface area contributed by atoms with Crippen LogP contribution in [0.1, 0.15) is 51.5 Å². The first-order valence-corrected chi connectivity index (χ1v) is 8.91. The zero-order valence-corrected chi connectivity index (χ0v) is 15.2. The van der Waals surface area contributed by atoms with E-state index in [1.54, 1.807) is 6.20 Å². The van der Waals surface area contributed by atoms with Crippen LogP contribution in [-0.2, 0) is 4.79 Å². The molecule has 1 saturated heterocycles. The van der Waals surface area contributed by atoms with E-state index >= 15 is 0 Å². The van der Waals surface area contributed by atoms with Gasteiger partial charge in [-0.15, -0.1) is 0 Å². The fraction of sp³-hybridized carbons (Fsp3) is 0.684. The normalized spacial score (nSPS) is 17.8. The Labute approximate surface area is 145 Å². The van der Waals surface area contributed by atoms with E-state index in [-0.39, 0.29) is 23.8 Å². The molecule has 2 heterocycles. The molecule has 0 radical (unpaired) electrons. The number of carbonyl (C=O) groups is 1. The molecule has 134 valence electrons. The van der Waals surface area contributed by atoms with E-state index in [1.165, 1.54) is 0 Å². The third kappa shape index (κ3) is 5.87. The van der Waals surface area contributed by atoms with Crippen molar-refractivity contribution in [2.45, 2.75) is 52.0 Å². The number of amides is 1. The minimum atomic E-state index is 0.0459. The number of hydrogen-bond acceptors (Lipinski definition) is 4. The van der Waals surface area contributed by atoms with E-state index in [9.17, 15) is 9.90 Å². The lowest BCUT2D eigenvalue weighted by Gasteiger charge is -2.34. The van der Waals surface area contributed by atoms with Crippen LogP contribution in [0.25, 0.3) is 0 Å². The highest BCUT2D eigenvalue weighted by molar-refractivity contribution is 5.76. The summed E-state index contributed by atoms with van der Waals surface area (Å²) < 4.78 is 0. The summed E-state index contributed by atoms with van der Waals surface area (Å²) in [6.45, 7) is 8.81. The molecule has 5 heteroatoms.